The third-order valence-corrected chi connectivity index (χ3v) is 9.33. The molecule has 0 bridgehead atoms. The molecule has 0 spiro atoms. The number of carbonyl (C=O) groups excluding carboxylic acids is 2. The summed E-state index contributed by atoms with van der Waals surface area (Å²) >= 11 is 2.24. The largest absolute Gasteiger partial charge is 0.475 e. The van der Waals surface area contributed by atoms with Gasteiger partial charge in [-0.2, -0.15) is 0 Å². The van der Waals surface area contributed by atoms with Gasteiger partial charge >= 0.3 is 5.97 Å². The first-order valence-corrected chi connectivity index (χ1v) is 10.9. The van der Waals surface area contributed by atoms with Crippen LogP contribution >= 0.6 is 22.6 Å². The molecule has 2 N–H and O–H groups in total. The highest BCUT2D eigenvalue weighted by Gasteiger charge is 2.72. The Balaban J connectivity index is 1.81. The zero-order chi connectivity index (χ0) is 20.6. The van der Waals surface area contributed by atoms with Crippen molar-refractivity contribution in [2.45, 2.75) is 55.2 Å². The van der Waals surface area contributed by atoms with Crippen molar-refractivity contribution in [1.82, 2.24) is 0 Å². The minimum atomic E-state index is -1.96. The van der Waals surface area contributed by atoms with Crippen molar-refractivity contribution < 1.29 is 29.0 Å². The van der Waals surface area contributed by atoms with Gasteiger partial charge in [0.15, 0.2) is 11.5 Å². The number of allylic oxidation sites excluding steroid dienone is 4. The number of aliphatic hydroxyl groups is 1. The number of carboxylic acid groups (broad SMARTS) is 1. The maximum Gasteiger partial charge on any atom is 0.372 e. The predicted octanol–water partition coefficient (Wildman–Crippen LogP) is 3.04. The van der Waals surface area contributed by atoms with Crippen molar-refractivity contribution in [3.63, 3.8) is 0 Å². The molecule has 4 rings (SSSR count). The van der Waals surface area contributed by atoms with E-state index in [0.717, 1.165) is 0 Å². The number of Topliss-reactive ketones (excluding diaryl/α,β-unsaturated/α-hetero) is 1. The fraction of sp³-hybridized carbons (Fsp3) is 0.667. The number of alkyl halides is 2. The molecule has 0 aromatic carbocycles. The summed E-state index contributed by atoms with van der Waals surface area (Å²) in [5.74, 6) is -3.85. The Labute approximate surface area is 176 Å². The molecule has 5 nitrogen and oxygen atoms in total. The lowest BCUT2D eigenvalue weighted by Gasteiger charge is -2.62. The van der Waals surface area contributed by atoms with Crippen LogP contribution in [0.5, 0.6) is 0 Å². The number of fused-ring (bicyclic) bond motifs is 5. The molecular weight excluding hydrogens is 478 g/mol. The number of rotatable bonds is 2. The van der Waals surface area contributed by atoms with Gasteiger partial charge in [0.2, 0.25) is 5.78 Å². The van der Waals surface area contributed by atoms with E-state index in [9.17, 15) is 24.6 Å². The van der Waals surface area contributed by atoms with Gasteiger partial charge in [-0.1, -0.05) is 35.6 Å². The van der Waals surface area contributed by atoms with Crippen LogP contribution in [-0.2, 0) is 14.4 Å². The molecule has 28 heavy (non-hydrogen) atoms. The van der Waals surface area contributed by atoms with Gasteiger partial charge in [-0.3, -0.25) is 9.59 Å². The number of carbonyl (C=O) groups is 3. The number of halogens is 2. The number of carboxylic acids is 1. The lowest BCUT2D eigenvalue weighted by atomic mass is 9.45. The topological polar surface area (TPSA) is 91.7 Å². The quantitative estimate of drug-likeness (QED) is 0.344. The molecule has 3 saturated carbocycles. The summed E-state index contributed by atoms with van der Waals surface area (Å²) in [6.07, 6.45) is 4.63. The van der Waals surface area contributed by atoms with Crippen LogP contribution in [-0.4, -0.2) is 43.4 Å². The van der Waals surface area contributed by atoms with Gasteiger partial charge in [-0.25, -0.2) is 9.18 Å². The molecule has 0 aliphatic heterocycles. The predicted molar refractivity (Wildman–Crippen MR) is 108 cm³/mol. The van der Waals surface area contributed by atoms with Gasteiger partial charge in [0.05, 0.1) is 6.10 Å². The number of hydrogen-bond acceptors (Lipinski definition) is 4. The third kappa shape index (κ3) is 2.35. The molecule has 152 valence electrons. The molecule has 8 atom stereocenters. The Hall–Kier alpha value is -1.09. The fourth-order valence-corrected chi connectivity index (χ4v) is 8.16. The van der Waals surface area contributed by atoms with Crippen molar-refractivity contribution in [3.8, 4) is 0 Å². The molecule has 4 aliphatic carbocycles. The monoisotopic (exact) mass is 502 g/mol. The Kier molecular flexibility index (Phi) is 4.47. The third-order valence-electron chi connectivity index (χ3n) is 8.15. The van der Waals surface area contributed by atoms with Crippen molar-refractivity contribution in [3.05, 3.63) is 23.8 Å². The van der Waals surface area contributed by atoms with Crippen LogP contribution in [0.2, 0.25) is 0 Å². The molecule has 0 radical (unpaired) electrons. The molecule has 0 unspecified atom stereocenters. The summed E-state index contributed by atoms with van der Waals surface area (Å²) < 4.78 is 16.8. The summed E-state index contributed by atoms with van der Waals surface area (Å²) in [7, 11) is 0. The first-order chi connectivity index (χ1) is 13.0. The molecular formula is C21H24FIO5. The number of aliphatic hydroxyl groups excluding tert-OH is 1. The lowest BCUT2D eigenvalue weighted by molar-refractivity contribution is -0.195. The number of aliphatic carboxylic acids is 1. The van der Waals surface area contributed by atoms with Crippen LogP contribution in [0.15, 0.2) is 23.8 Å². The molecule has 3 fully saturated rings. The average Bonchev–Trinajstić information content (AvgIpc) is 2.95. The first kappa shape index (κ1) is 20.2. The second-order valence-electron chi connectivity index (χ2n) is 9.25. The standard InChI is InChI=1S/C21H24FIO5/c1-19-9-16(25)21(22)13(11(19)3-4-12(19)17(26)18(27)28)8-15(23)14-7-10(24)5-6-20(14,21)2/h5-7,11-13,15-16,25H,3-4,8-9H2,1-2H3,(H,27,28)/t11-,12+,13-,15-,16-,19-,20-,21-/m0/s1. The smallest absolute Gasteiger partial charge is 0.372 e. The highest BCUT2D eigenvalue weighted by molar-refractivity contribution is 14.1. The Morgan fingerprint density at radius 1 is 1.25 bits per heavy atom. The minimum Gasteiger partial charge on any atom is -0.475 e. The number of ketones is 2. The van der Waals surface area contributed by atoms with Crippen LogP contribution in [0, 0.1) is 28.6 Å². The molecule has 7 heteroatoms. The van der Waals surface area contributed by atoms with Gasteiger partial charge in [-0.15, -0.1) is 0 Å². The van der Waals surface area contributed by atoms with Gasteiger partial charge in [-0.05, 0) is 61.7 Å². The fourth-order valence-electron chi connectivity index (χ4n) is 6.78. The Morgan fingerprint density at radius 2 is 1.93 bits per heavy atom. The maximum absolute atomic E-state index is 16.9. The van der Waals surface area contributed by atoms with Crippen molar-refractivity contribution in [2.75, 3.05) is 0 Å². The lowest BCUT2D eigenvalue weighted by Crippen LogP contribution is -2.68. The summed E-state index contributed by atoms with van der Waals surface area (Å²) in [4.78, 5) is 35.5. The second-order valence-corrected chi connectivity index (χ2v) is 10.8. The van der Waals surface area contributed by atoms with E-state index in [4.69, 9.17) is 0 Å². The summed E-state index contributed by atoms with van der Waals surface area (Å²) in [5.41, 5.74) is -3.08. The van der Waals surface area contributed by atoms with Gasteiger partial charge < -0.3 is 10.2 Å². The van der Waals surface area contributed by atoms with Gasteiger partial charge in [0.25, 0.3) is 0 Å². The van der Waals surface area contributed by atoms with E-state index in [1.54, 1.807) is 13.0 Å². The van der Waals surface area contributed by atoms with E-state index in [2.05, 4.69) is 22.6 Å². The van der Waals surface area contributed by atoms with Crippen molar-refractivity contribution in [1.29, 1.82) is 0 Å². The Bertz CT molecular complexity index is 837. The minimum absolute atomic E-state index is 0.0465. The molecule has 0 aromatic rings. The summed E-state index contributed by atoms with van der Waals surface area (Å²) in [6.45, 7) is 3.59. The first-order valence-electron chi connectivity index (χ1n) is 9.70. The van der Waals surface area contributed by atoms with E-state index < -0.39 is 46.2 Å². The van der Waals surface area contributed by atoms with E-state index in [1.165, 1.54) is 12.2 Å². The molecule has 0 aromatic heterocycles. The zero-order valence-corrected chi connectivity index (χ0v) is 18.0. The SMILES string of the molecule is C[C@]12C[C@H](O)[C@@]3(F)[C@@H](C[C@H](I)C4=CC(=O)C=C[C@@]43C)[C@@H]1CC[C@@H]2C(=O)C(=O)O. The van der Waals surface area contributed by atoms with Gasteiger partial charge in [0, 0.05) is 21.2 Å². The van der Waals surface area contributed by atoms with Crippen LogP contribution in [0.25, 0.3) is 0 Å². The van der Waals surface area contributed by atoms with Crippen LogP contribution in [0.1, 0.15) is 39.5 Å². The normalized spacial score (nSPS) is 49.7. The maximum atomic E-state index is 16.9. The van der Waals surface area contributed by atoms with E-state index in [1.807, 2.05) is 6.92 Å². The Morgan fingerprint density at radius 3 is 2.57 bits per heavy atom. The average molecular weight is 502 g/mol. The van der Waals surface area contributed by atoms with Gasteiger partial charge in [0.1, 0.15) is 0 Å². The van der Waals surface area contributed by atoms with Crippen LogP contribution in [0.3, 0.4) is 0 Å². The molecule has 0 saturated heterocycles. The molecule has 0 heterocycles. The number of hydrogen-bond donors (Lipinski definition) is 2. The molecule has 4 aliphatic rings. The molecule has 0 amide bonds. The van der Waals surface area contributed by atoms with Crippen molar-refractivity contribution in [2.24, 2.45) is 28.6 Å². The van der Waals surface area contributed by atoms with E-state index in [0.29, 0.717) is 24.8 Å². The van der Waals surface area contributed by atoms with Crippen molar-refractivity contribution >= 4 is 40.1 Å². The summed E-state index contributed by atoms with van der Waals surface area (Å²) in [5, 5.41) is 20.3. The van der Waals surface area contributed by atoms with E-state index >= 15 is 4.39 Å². The zero-order valence-electron chi connectivity index (χ0n) is 15.8. The van der Waals surface area contributed by atoms with Crippen LogP contribution < -0.4 is 0 Å². The summed E-state index contributed by atoms with van der Waals surface area (Å²) in [6, 6.07) is 0. The highest BCUT2D eigenvalue weighted by atomic mass is 127. The van der Waals surface area contributed by atoms with Crippen LogP contribution in [0.4, 0.5) is 4.39 Å². The van der Waals surface area contributed by atoms with E-state index in [-0.39, 0.29) is 22.0 Å². The highest BCUT2D eigenvalue weighted by Crippen LogP contribution is 2.69. The second kappa shape index (κ2) is 6.20.